The quantitative estimate of drug-likeness (QED) is 0.688. The average molecular weight is 390 g/mol. The zero-order valence-electron chi connectivity index (χ0n) is 17.1. The van der Waals surface area contributed by atoms with Crippen molar-refractivity contribution >= 4 is 17.8 Å². The van der Waals surface area contributed by atoms with Crippen LogP contribution in [0.5, 0.6) is 5.75 Å². The Kier molecular flexibility index (Phi) is 7.84. The van der Waals surface area contributed by atoms with Crippen LogP contribution in [0.2, 0.25) is 0 Å². The maximum atomic E-state index is 13.1. The third-order valence-corrected chi connectivity index (χ3v) is 4.83. The van der Waals surface area contributed by atoms with Crippen LogP contribution in [-0.4, -0.2) is 54.0 Å². The van der Waals surface area contributed by atoms with Gasteiger partial charge in [0.25, 0.3) is 5.91 Å². The molecule has 1 fully saturated rings. The van der Waals surface area contributed by atoms with Gasteiger partial charge in [0.05, 0.1) is 12.5 Å². The van der Waals surface area contributed by atoms with Crippen molar-refractivity contribution in [3.63, 3.8) is 0 Å². The SMILES string of the molecule is CCC(C)OC(=O)CC1C(=O)NCCN1C(=O)C(CC)Oc1ccc(C)cc1. The Bertz CT molecular complexity index is 689. The summed E-state index contributed by atoms with van der Waals surface area (Å²) in [6.07, 6.45) is 0.0314. The van der Waals surface area contributed by atoms with Gasteiger partial charge >= 0.3 is 5.97 Å². The van der Waals surface area contributed by atoms with Crippen LogP contribution >= 0.6 is 0 Å². The number of esters is 1. The lowest BCUT2D eigenvalue weighted by atomic mass is 10.1. The third-order valence-electron chi connectivity index (χ3n) is 4.83. The fourth-order valence-electron chi connectivity index (χ4n) is 2.97. The molecule has 1 aromatic carbocycles. The second-order valence-electron chi connectivity index (χ2n) is 7.08. The van der Waals surface area contributed by atoms with E-state index >= 15 is 0 Å². The van der Waals surface area contributed by atoms with Gasteiger partial charge in [0.15, 0.2) is 6.10 Å². The first-order valence-electron chi connectivity index (χ1n) is 9.86. The molecule has 0 radical (unpaired) electrons. The molecule has 1 N–H and O–H groups in total. The lowest BCUT2D eigenvalue weighted by Crippen LogP contribution is -2.60. The molecule has 1 aliphatic rings. The van der Waals surface area contributed by atoms with Crippen molar-refractivity contribution in [2.24, 2.45) is 0 Å². The zero-order valence-corrected chi connectivity index (χ0v) is 17.1. The summed E-state index contributed by atoms with van der Waals surface area (Å²) in [4.78, 5) is 39.1. The summed E-state index contributed by atoms with van der Waals surface area (Å²) >= 11 is 0. The van der Waals surface area contributed by atoms with E-state index in [4.69, 9.17) is 9.47 Å². The number of hydrogen-bond acceptors (Lipinski definition) is 5. The third kappa shape index (κ3) is 5.71. The molecule has 2 amide bonds. The molecule has 7 nitrogen and oxygen atoms in total. The Labute approximate surface area is 166 Å². The van der Waals surface area contributed by atoms with E-state index in [1.165, 1.54) is 4.90 Å². The number of carbonyl (C=O) groups excluding carboxylic acids is 3. The Hall–Kier alpha value is -2.57. The Balaban J connectivity index is 2.10. The molecule has 3 unspecified atom stereocenters. The van der Waals surface area contributed by atoms with Gasteiger partial charge < -0.3 is 19.7 Å². The van der Waals surface area contributed by atoms with Crippen LogP contribution in [0.1, 0.15) is 45.6 Å². The molecular weight excluding hydrogens is 360 g/mol. The summed E-state index contributed by atoms with van der Waals surface area (Å²) < 4.78 is 11.1. The molecule has 3 atom stereocenters. The van der Waals surface area contributed by atoms with Crippen LogP contribution in [0.25, 0.3) is 0 Å². The summed E-state index contributed by atoms with van der Waals surface area (Å²) in [5, 5.41) is 2.72. The minimum absolute atomic E-state index is 0.164. The smallest absolute Gasteiger partial charge is 0.308 e. The number of amides is 2. The van der Waals surface area contributed by atoms with E-state index in [-0.39, 0.29) is 24.3 Å². The maximum Gasteiger partial charge on any atom is 0.308 e. The highest BCUT2D eigenvalue weighted by atomic mass is 16.5. The molecule has 1 aliphatic heterocycles. The van der Waals surface area contributed by atoms with E-state index < -0.39 is 18.1 Å². The monoisotopic (exact) mass is 390 g/mol. The number of piperazine rings is 1. The van der Waals surface area contributed by atoms with Crippen LogP contribution < -0.4 is 10.1 Å². The van der Waals surface area contributed by atoms with Gasteiger partial charge in [0.1, 0.15) is 11.8 Å². The minimum atomic E-state index is -0.881. The van der Waals surface area contributed by atoms with E-state index in [2.05, 4.69) is 5.32 Å². The molecule has 0 aromatic heterocycles. The van der Waals surface area contributed by atoms with Crippen molar-refractivity contribution in [2.45, 2.75) is 65.2 Å². The van der Waals surface area contributed by atoms with Crippen molar-refractivity contribution in [1.82, 2.24) is 10.2 Å². The first kappa shape index (κ1) is 21.7. The number of nitrogens with one attached hydrogen (secondary N) is 1. The summed E-state index contributed by atoms with van der Waals surface area (Å²) in [5.74, 6) is -0.521. The molecule has 0 spiro atoms. The van der Waals surface area contributed by atoms with Crippen LogP contribution in [0.4, 0.5) is 0 Å². The summed E-state index contributed by atoms with van der Waals surface area (Å²) in [6.45, 7) is 8.22. The van der Waals surface area contributed by atoms with Gasteiger partial charge in [0, 0.05) is 13.1 Å². The van der Waals surface area contributed by atoms with Crippen LogP contribution in [0, 0.1) is 6.92 Å². The fraction of sp³-hybridized carbons (Fsp3) is 0.571. The highest BCUT2D eigenvalue weighted by Crippen LogP contribution is 2.19. The van der Waals surface area contributed by atoms with E-state index in [0.717, 1.165) is 5.56 Å². The van der Waals surface area contributed by atoms with Crippen LogP contribution in [0.3, 0.4) is 0 Å². The van der Waals surface area contributed by atoms with Gasteiger partial charge in [-0.15, -0.1) is 0 Å². The maximum absolute atomic E-state index is 13.1. The molecule has 1 aromatic rings. The standard InChI is InChI=1S/C21H30N2O5/c1-5-15(4)27-19(24)13-17-20(25)22-11-12-23(17)21(26)18(6-2)28-16-9-7-14(3)8-10-16/h7-10,15,17-18H,5-6,11-13H2,1-4H3,(H,22,25). The van der Waals surface area contributed by atoms with Crippen molar-refractivity contribution < 1.29 is 23.9 Å². The predicted octanol–water partition coefficient (Wildman–Crippen LogP) is 2.21. The Morgan fingerprint density at radius 2 is 1.89 bits per heavy atom. The number of ether oxygens (including phenoxy) is 2. The van der Waals surface area contributed by atoms with Crippen molar-refractivity contribution in [3.8, 4) is 5.75 Å². The summed E-state index contributed by atoms with van der Waals surface area (Å²) in [7, 11) is 0. The summed E-state index contributed by atoms with van der Waals surface area (Å²) in [5.41, 5.74) is 1.10. The Morgan fingerprint density at radius 3 is 2.50 bits per heavy atom. The summed E-state index contributed by atoms with van der Waals surface area (Å²) in [6, 6.07) is 6.57. The van der Waals surface area contributed by atoms with E-state index in [1.807, 2.05) is 45.0 Å². The molecule has 0 aliphatic carbocycles. The molecule has 0 saturated carbocycles. The molecular formula is C21H30N2O5. The predicted molar refractivity (Wildman–Crippen MR) is 105 cm³/mol. The fourth-order valence-corrected chi connectivity index (χ4v) is 2.97. The second-order valence-corrected chi connectivity index (χ2v) is 7.08. The van der Waals surface area contributed by atoms with Crippen LogP contribution in [-0.2, 0) is 19.1 Å². The van der Waals surface area contributed by atoms with E-state index in [9.17, 15) is 14.4 Å². The van der Waals surface area contributed by atoms with Gasteiger partial charge in [-0.1, -0.05) is 31.5 Å². The van der Waals surface area contributed by atoms with Gasteiger partial charge in [-0.3, -0.25) is 14.4 Å². The highest BCUT2D eigenvalue weighted by Gasteiger charge is 2.38. The number of carbonyl (C=O) groups is 3. The van der Waals surface area contributed by atoms with Crippen molar-refractivity contribution in [2.75, 3.05) is 13.1 Å². The van der Waals surface area contributed by atoms with Gasteiger partial charge in [-0.05, 0) is 38.8 Å². The largest absolute Gasteiger partial charge is 0.481 e. The van der Waals surface area contributed by atoms with E-state index in [1.54, 1.807) is 6.92 Å². The number of rotatable bonds is 8. The first-order chi connectivity index (χ1) is 13.3. The minimum Gasteiger partial charge on any atom is -0.481 e. The molecule has 1 saturated heterocycles. The second kappa shape index (κ2) is 10.1. The van der Waals surface area contributed by atoms with E-state index in [0.29, 0.717) is 31.7 Å². The zero-order chi connectivity index (χ0) is 20.7. The molecule has 2 rings (SSSR count). The normalized spacial score (nSPS) is 18.8. The van der Waals surface area contributed by atoms with Gasteiger partial charge in [-0.2, -0.15) is 0 Å². The average Bonchev–Trinajstić information content (AvgIpc) is 2.68. The topological polar surface area (TPSA) is 84.9 Å². The molecule has 154 valence electrons. The lowest BCUT2D eigenvalue weighted by Gasteiger charge is -2.36. The first-order valence-corrected chi connectivity index (χ1v) is 9.86. The lowest BCUT2D eigenvalue weighted by molar-refractivity contribution is -0.156. The Morgan fingerprint density at radius 1 is 1.21 bits per heavy atom. The number of nitrogens with zero attached hydrogens (tertiary/aromatic N) is 1. The van der Waals surface area contributed by atoms with Gasteiger partial charge in [-0.25, -0.2) is 0 Å². The molecule has 7 heteroatoms. The number of hydrogen-bond donors (Lipinski definition) is 1. The van der Waals surface area contributed by atoms with Crippen molar-refractivity contribution in [3.05, 3.63) is 29.8 Å². The molecule has 1 heterocycles. The molecule has 28 heavy (non-hydrogen) atoms. The van der Waals surface area contributed by atoms with Crippen LogP contribution in [0.15, 0.2) is 24.3 Å². The molecule has 0 bridgehead atoms. The highest BCUT2D eigenvalue weighted by molar-refractivity contribution is 5.93. The van der Waals surface area contributed by atoms with Gasteiger partial charge in [0.2, 0.25) is 5.91 Å². The number of benzene rings is 1. The van der Waals surface area contributed by atoms with Crippen molar-refractivity contribution in [1.29, 1.82) is 0 Å². The number of aryl methyl sites for hydroxylation is 1.